The Bertz CT molecular complexity index is 653. The van der Waals surface area contributed by atoms with E-state index in [1.165, 1.54) is 6.07 Å². The number of carbonyl (C=O) groups is 3. The molecule has 2 N–H and O–H groups in total. The zero-order valence-electron chi connectivity index (χ0n) is 14.6. The summed E-state index contributed by atoms with van der Waals surface area (Å²) in [5.74, 6) is -1.50. The van der Waals surface area contributed by atoms with Crippen molar-refractivity contribution in [2.24, 2.45) is 0 Å². The molecule has 0 saturated carbocycles. The molecule has 0 aromatic heterocycles. The summed E-state index contributed by atoms with van der Waals surface area (Å²) >= 11 is 0. The lowest BCUT2D eigenvalue weighted by Gasteiger charge is -2.36. The second kappa shape index (κ2) is 8.11. The fourth-order valence-corrected chi connectivity index (χ4v) is 2.87. The van der Waals surface area contributed by atoms with E-state index in [9.17, 15) is 19.5 Å². The van der Waals surface area contributed by atoms with E-state index < -0.39 is 11.5 Å². The monoisotopic (exact) mass is 348 g/mol. The van der Waals surface area contributed by atoms with E-state index in [-0.39, 0.29) is 18.2 Å². The zero-order chi connectivity index (χ0) is 18.4. The van der Waals surface area contributed by atoms with E-state index in [4.69, 9.17) is 4.74 Å². The molecule has 1 aromatic rings. The molecule has 7 heteroatoms. The van der Waals surface area contributed by atoms with Gasteiger partial charge in [0.15, 0.2) is 0 Å². The van der Waals surface area contributed by atoms with Crippen LogP contribution in [0.5, 0.6) is 0 Å². The van der Waals surface area contributed by atoms with E-state index in [1.54, 1.807) is 30.1 Å². The van der Waals surface area contributed by atoms with Crippen molar-refractivity contribution in [3.8, 4) is 0 Å². The van der Waals surface area contributed by atoms with Gasteiger partial charge < -0.3 is 20.1 Å². The number of nitrogens with zero attached hydrogens (tertiary/aromatic N) is 1. The first-order chi connectivity index (χ1) is 11.9. The molecule has 1 saturated heterocycles. The Morgan fingerprint density at radius 3 is 2.48 bits per heavy atom. The van der Waals surface area contributed by atoms with E-state index in [1.807, 2.05) is 6.92 Å². The quantitative estimate of drug-likeness (QED) is 0.813. The van der Waals surface area contributed by atoms with Crippen LogP contribution in [0.1, 0.15) is 46.9 Å². The molecule has 1 heterocycles. The highest BCUT2D eigenvalue weighted by Crippen LogP contribution is 2.25. The predicted octanol–water partition coefficient (Wildman–Crippen LogP) is 1.53. The smallest absolute Gasteiger partial charge is 0.305 e. The van der Waals surface area contributed by atoms with Crippen molar-refractivity contribution in [1.82, 2.24) is 10.2 Å². The Hall–Kier alpha value is -2.41. The van der Waals surface area contributed by atoms with Crippen molar-refractivity contribution >= 4 is 17.8 Å². The van der Waals surface area contributed by atoms with Crippen LogP contribution in [0.2, 0.25) is 0 Å². The van der Waals surface area contributed by atoms with Crippen molar-refractivity contribution in [2.75, 3.05) is 26.8 Å². The van der Waals surface area contributed by atoms with Gasteiger partial charge in [-0.05, 0) is 38.0 Å². The van der Waals surface area contributed by atoms with Crippen LogP contribution in [0.4, 0.5) is 0 Å². The maximum atomic E-state index is 12.6. The molecule has 0 unspecified atom stereocenters. The molecule has 0 atom stereocenters. The van der Waals surface area contributed by atoms with Gasteiger partial charge in [-0.1, -0.05) is 6.07 Å². The fourth-order valence-electron chi connectivity index (χ4n) is 2.87. The second-order valence-corrected chi connectivity index (χ2v) is 6.32. The maximum Gasteiger partial charge on any atom is 0.305 e. The molecule has 0 aliphatic carbocycles. The average Bonchev–Trinajstić information content (AvgIpc) is 2.60. The van der Waals surface area contributed by atoms with Gasteiger partial charge in [0, 0.05) is 37.9 Å². The minimum atomic E-state index is -0.962. The van der Waals surface area contributed by atoms with E-state index in [0.717, 1.165) is 0 Å². The van der Waals surface area contributed by atoms with Crippen molar-refractivity contribution in [2.45, 2.75) is 31.7 Å². The summed E-state index contributed by atoms with van der Waals surface area (Å²) in [5, 5.41) is 12.0. The van der Waals surface area contributed by atoms with Gasteiger partial charge in [0.05, 0.1) is 12.0 Å². The van der Waals surface area contributed by atoms with Crippen LogP contribution in [0.15, 0.2) is 24.3 Å². The second-order valence-electron chi connectivity index (χ2n) is 6.32. The number of rotatable bonds is 6. The molecule has 1 aliphatic heterocycles. The first kappa shape index (κ1) is 18.9. The van der Waals surface area contributed by atoms with Crippen molar-refractivity contribution in [3.63, 3.8) is 0 Å². The number of amides is 2. The summed E-state index contributed by atoms with van der Waals surface area (Å²) in [7, 11) is 1.69. The third kappa shape index (κ3) is 4.79. The molecule has 1 aromatic carbocycles. The van der Waals surface area contributed by atoms with Gasteiger partial charge in [-0.15, -0.1) is 0 Å². The zero-order valence-corrected chi connectivity index (χ0v) is 14.6. The summed E-state index contributed by atoms with van der Waals surface area (Å²) < 4.78 is 5.29. The SMILES string of the molecule is CCN(C)C(=O)c1cccc(C(=O)NC2(CC(=O)O)CCOCC2)c1. The molecule has 1 aliphatic rings. The number of hydrogen-bond acceptors (Lipinski definition) is 4. The third-order valence-electron chi connectivity index (χ3n) is 4.51. The normalized spacial score (nSPS) is 16.1. The van der Waals surface area contributed by atoms with Gasteiger partial charge >= 0.3 is 5.97 Å². The lowest BCUT2D eigenvalue weighted by atomic mass is 9.86. The molecular weight excluding hydrogens is 324 g/mol. The molecule has 0 bridgehead atoms. The molecule has 7 nitrogen and oxygen atoms in total. The molecule has 0 radical (unpaired) electrons. The third-order valence-corrected chi connectivity index (χ3v) is 4.51. The highest BCUT2D eigenvalue weighted by Gasteiger charge is 2.36. The van der Waals surface area contributed by atoms with Crippen LogP contribution < -0.4 is 5.32 Å². The van der Waals surface area contributed by atoms with Crippen molar-refractivity contribution in [1.29, 1.82) is 0 Å². The highest BCUT2D eigenvalue weighted by molar-refractivity contribution is 6.00. The first-order valence-corrected chi connectivity index (χ1v) is 8.34. The van der Waals surface area contributed by atoms with Crippen LogP contribution in [0.3, 0.4) is 0 Å². The Morgan fingerprint density at radius 1 is 1.24 bits per heavy atom. The van der Waals surface area contributed by atoms with Gasteiger partial charge in [0.25, 0.3) is 11.8 Å². The Morgan fingerprint density at radius 2 is 1.88 bits per heavy atom. The van der Waals surface area contributed by atoms with Gasteiger partial charge in [-0.3, -0.25) is 14.4 Å². The molecule has 2 rings (SSSR count). The summed E-state index contributed by atoms with van der Waals surface area (Å²) in [5.41, 5.74) is -0.0515. The number of benzene rings is 1. The van der Waals surface area contributed by atoms with Gasteiger partial charge in [0.1, 0.15) is 0 Å². The summed E-state index contributed by atoms with van der Waals surface area (Å²) in [4.78, 5) is 37.6. The summed E-state index contributed by atoms with van der Waals surface area (Å²) in [6.45, 7) is 3.26. The molecule has 25 heavy (non-hydrogen) atoms. The van der Waals surface area contributed by atoms with Gasteiger partial charge in [0.2, 0.25) is 0 Å². The topological polar surface area (TPSA) is 95.9 Å². The van der Waals surface area contributed by atoms with E-state index in [0.29, 0.717) is 43.7 Å². The van der Waals surface area contributed by atoms with Crippen LogP contribution in [-0.2, 0) is 9.53 Å². The predicted molar refractivity (Wildman–Crippen MR) is 91.6 cm³/mol. The number of carboxylic acids is 1. The van der Waals surface area contributed by atoms with Gasteiger partial charge in [-0.25, -0.2) is 0 Å². The fraction of sp³-hybridized carbons (Fsp3) is 0.500. The number of carbonyl (C=O) groups excluding carboxylic acids is 2. The first-order valence-electron chi connectivity index (χ1n) is 8.34. The van der Waals surface area contributed by atoms with E-state index >= 15 is 0 Å². The summed E-state index contributed by atoms with van der Waals surface area (Å²) in [6.07, 6.45) is 0.740. The molecule has 0 spiro atoms. The molecular formula is C18H24N2O5. The lowest BCUT2D eigenvalue weighted by molar-refractivity contribution is -0.139. The van der Waals surface area contributed by atoms with Gasteiger partial charge in [-0.2, -0.15) is 0 Å². The van der Waals surface area contributed by atoms with Crippen LogP contribution >= 0.6 is 0 Å². The summed E-state index contributed by atoms with van der Waals surface area (Å²) in [6, 6.07) is 6.47. The Labute approximate surface area is 147 Å². The highest BCUT2D eigenvalue weighted by atomic mass is 16.5. The largest absolute Gasteiger partial charge is 0.481 e. The number of ether oxygens (including phenoxy) is 1. The van der Waals surface area contributed by atoms with Crippen molar-refractivity contribution < 1.29 is 24.2 Å². The molecule has 136 valence electrons. The number of hydrogen-bond donors (Lipinski definition) is 2. The Kier molecular flexibility index (Phi) is 6.14. The molecule has 1 fully saturated rings. The molecule has 2 amide bonds. The van der Waals surface area contributed by atoms with Crippen LogP contribution in [0, 0.1) is 0 Å². The standard InChI is InChI=1S/C18H24N2O5/c1-3-20(2)17(24)14-6-4-5-13(11-14)16(23)19-18(12-15(21)22)7-9-25-10-8-18/h4-6,11H,3,7-10,12H2,1-2H3,(H,19,23)(H,21,22). The average molecular weight is 348 g/mol. The minimum absolute atomic E-state index is 0.153. The van der Waals surface area contributed by atoms with Crippen LogP contribution in [0.25, 0.3) is 0 Å². The number of aliphatic carboxylic acids is 1. The van der Waals surface area contributed by atoms with Crippen LogP contribution in [-0.4, -0.2) is 60.1 Å². The van der Waals surface area contributed by atoms with E-state index in [2.05, 4.69) is 5.32 Å². The minimum Gasteiger partial charge on any atom is -0.481 e. The van der Waals surface area contributed by atoms with Crippen molar-refractivity contribution in [3.05, 3.63) is 35.4 Å². The Balaban J connectivity index is 2.19. The maximum absolute atomic E-state index is 12.6. The number of nitrogens with one attached hydrogen (secondary N) is 1. The lowest BCUT2D eigenvalue weighted by Crippen LogP contribution is -2.53. The number of carboxylic acid groups (broad SMARTS) is 1.